The highest BCUT2D eigenvalue weighted by Crippen LogP contribution is 2.28. The Bertz CT molecular complexity index is 500. The molecule has 0 aromatic heterocycles. The Kier molecular flexibility index (Phi) is 4.82. The second kappa shape index (κ2) is 6.59. The van der Waals surface area contributed by atoms with Gasteiger partial charge in [-0.05, 0) is 30.8 Å². The number of hydrogen-bond acceptors (Lipinski definition) is 3. The molecule has 0 spiro atoms. The molecular formula is C14H17ClN2O2. The first kappa shape index (κ1) is 13.9. The van der Waals surface area contributed by atoms with Gasteiger partial charge >= 0.3 is 0 Å². The number of likely N-dealkylation sites (N-methyl/N-ethyl adjacent to an activating group) is 1. The standard InChI is InChI=1S/C14H17ClN2O2/c1-2-16-5-6-17-14(18)11-7-10-8-12(15)3-4-13(10)19-9-11/h3-4,7-8,16H,2,5-6,9H2,1H3,(H,17,18). The minimum Gasteiger partial charge on any atom is -0.488 e. The molecule has 2 rings (SSSR count). The lowest BCUT2D eigenvalue weighted by Crippen LogP contribution is -2.34. The third kappa shape index (κ3) is 3.72. The summed E-state index contributed by atoms with van der Waals surface area (Å²) in [6.07, 6.45) is 1.83. The minimum atomic E-state index is -0.0940. The Balaban J connectivity index is 2.00. The van der Waals surface area contributed by atoms with Gasteiger partial charge in [0, 0.05) is 23.7 Å². The number of ether oxygens (including phenoxy) is 1. The van der Waals surface area contributed by atoms with Gasteiger partial charge in [0.25, 0.3) is 5.91 Å². The maximum Gasteiger partial charge on any atom is 0.250 e. The van der Waals surface area contributed by atoms with E-state index in [1.54, 1.807) is 12.1 Å². The predicted octanol–water partition coefficient (Wildman–Crippen LogP) is 1.84. The van der Waals surface area contributed by atoms with Crippen molar-refractivity contribution in [1.29, 1.82) is 0 Å². The van der Waals surface area contributed by atoms with Gasteiger partial charge in [0.2, 0.25) is 0 Å². The van der Waals surface area contributed by atoms with Crippen LogP contribution in [0.2, 0.25) is 5.02 Å². The molecule has 19 heavy (non-hydrogen) atoms. The molecule has 0 unspecified atom stereocenters. The van der Waals surface area contributed by atoms with Crippen LogP contribution in [0, 0.1) is 0 Å². The number of halogens is 1. The molecule has 1 amide bonds. The van der Waals surface area contributed by atoms with Crippen LogP contribution < -0.4 is 15.4 Å². The van der Waals surface area contributed by atoms with Gasteiger partial charge in [0.05, 0.1) is 5.57 Å². The van der Waals surface area contributed by atoms with Crippen molar-refractivity contribution in [1.82, 2.24) is 10.6 Å². The smallest absolute Gasteiger partial charge is 0.250 e. The summed E-state index contributed by atoms with van der Waals surface area (Å²) >= 11 is 5.93. The second-order valence-electron chi connectivity index (χ2n) is 4.25. The van der Waals surface area contributed by atoms with Crippen LogP contribution in [0.5, 0.6) is 5.75 Å². The Hall–Kier alpha value is -1.52. The van der Waals surface area contributed by atoms with Crippen molar-refractivity contribution in [3.05, 3.63) is 34.4 Å². The van der Waals surface area contributed by atoms with Crippen molar-refractivity contribution in [2.45, 2.75) is 6.92 Å². The van der Waals surface area contributed by atoms with Gasteiger partial charge in [-0.1, -0.05) is 18.5 Å². The monoisotopic (exact) mass is 280 g/mol. The number of benzene rings is 1. The second-order valence-corrected chi connectivity index (χ2v) is 4.69. The van der Waals surface area contributed by atoms with Gasteiger partial charge in [0.1, 0.15) is 12.4 Å². The fourth-order valence-electron chi connectivity index (χ4n) is 1.83. The lowest BCUT2D eigenvalue weighted by molar-refractivity contribution is -0.117. The van der Waals surface area contributed by atoms with Gasteiger partial charge in [-0.3, -0.25) is 4.79 Å². The molecule has 4 nitrogen and oxygen atoms in total. The highest BCUT2D eigenvalue weighted by Gasteiger charge is 2.16. The third-order valence-corrected chi connectivity index (χ3v) is 3.05. The number of fused-ring (bicyclic) bond motifs is 1. The van der Waals surface area contributed by atoms with Gasteiger partial charge in [-0.15, -0.1) is 0 Å². The van der Waals surface area contributed by atoms with Crippen molar-refractivity contribution in [3.8, 4) is 5.75 Å². The number of carbonyl (C=O) groups is 1. The molecule has 5 heteroatoms. The fourth-order valence-corrected chi connectivity index (χ4v) is 2.01. The normalized spacial score (nSPS) is 13.3. The first-order valence-corrected chi connectivity index (χ1v) is 6.70. The van der Waals surface area contributed by atoms with Crippen molar-refractivity contribution in [3.63, 3.8) is 0 Å². The van der Waals surface area contributed by atoms with Crippen molar-refractivity contribution in [2.75, 3.05) is 26.2 Å². The summed E-state index contributed by atoms with van der Waals surface area (Å²) < 4.78 is 5.54. The molecule has 2 N–H and O–H groups in total. The predicted molar refractivity (Wildman–Crippen MR) is 76.5 cm³/mol. The topological polar surface area (TPSA) is 50.4 Å². The molecule has 0 bridgehead atoms. The zero-order valence-corrected chi connectivity index (χ0v) is 11.6. The lowest BCUT2D eigenvalue weighted by atomic mass is 10.1. The van der Waals surface area contributed by atoms with Crippen LogP contribution in [0.25, 0.3) is 6.08 Å². The quantitative estimate of drug-likeness (QED) is 0.809. The van der Waals surface area contributed by atoms with E-state index in [9.17, 15) is 4.79 Å². The van der Waals surface area contributed by atoms with Crippen LogP contribution in [0.15, 0.2) is 23.8 Å². The molecule has 0 atom stereocenters. The summed E-state index contributed by atoms with van der Waals surface area (Å²) in [5.74, 6) is 0.664. The van der Waals surface area contributed by atoms with E-state index in [2.05, 4.69) is 10.6 Å². The molecule has 1 heterocycles. The van der Waals surface area contributed by atoms with E-state index in [1.165, 1.54) is 0 Å². The Morgan fingerprint density at radius 1 is 1.42 bits per heavy atom. The Morgan fingerprint density at radius 3 is 3.05 bits per heavy atom. The summed E-state index contributed by atoms with van der Waals surface area (Å²) in [6, 6.07) is 5.38. The number of carbonyl (C=O) groups excluding carboxylic acids is 1. The zero-order valence-electron chi connectivity index (χ0n) is 10.8. The average molecular weight is 281 g/mol. The van der Waals surface area contributed by atoms with E-state index in [0.29, 0.717) is 23.7 Å². The minimum absolute atomic E-state index is 0.0940. The molecule has 0 saturated carbocycles. The Morgan fingerprint density at radius 2 is 2.26 bits per heavy atom. The fraction of sp³-hybridized carbons (Fsp3) is 0.357. The maximum atomic E-state index is 11.9. The van der Waals surface area contributed by atoms with Crippen LogP contribution >= 0.6 is 11.6 Å². The third-order valence-electron chi connectivity index (χ3n) is 2.81. The van der Waals surface area contributed by atoms with Crippen molar-refractivity contribution in [2.24, 2.45) is 0 Å². The van der Waals surface area contributed by atoms with E-state index in [0.717, 1.165) is 24.4 Å². The number of amides is 1. The van der Waals surface area contributed by atoms with Crippen LogP contribution in [-0.2, 0) is 4.79 Å². The highest BCUT2D eigenvalue weighted by atomic mass is 35.5. The van der Waals surface area contributed by atoms with Crippen LogP contribution in [0.4, 0.5) is 0 Å². The maximum absolute atomic E-state index is 11.9. The van der Waals surface area contributed by atoms with Crippen LogP contribution in [0.3, 0.4) is 0 Å². The largest absolute Gasteiger partial charge is 0.488 e. The van der Waals surface area contributed by atoms with Crippen LogP contribution in [-0.4, -0.2) is 32.1 Å². The van der Waals surface area contributed by atoms with E-state index < -0.39 is 0 Å². The molecule has 0 fully saturated rings. The van der Waals surface area contributed by atoms with E-state index in [4.69, 9.17) is 16.3 Å². The summed E-state index contributed by atoms with van der Waals surface area (Å²) in [7, 11) is 0. The van der Waals surface area contributed by atoms with Gasteiger partial charge in [-0.2, -0.15) is 0 Å². The number of hydrogen-bond donors (Lipinski definition) is 2. The zero-order chi connectivity index (χ0) is 13.7. The molecule has 0 saturated heterocycles. The summed E-state index contributed by atoms with van der Waals surface area (Å²) in [6.45, 7) is 4.58. The molecule has 0 radical (unpaired) electrons. The molecule has 102 valence electrons. The Labute approximate surface area is 117 Å². The summed E-state index contributed by atoms with van der Waals surface area (Å²) in [4.78, 5) is 11.9. The van der Waals surface area contributed by atoms with Gasteiger partial charge in [0.15, 0.2) is 0 Å². The molecule has 1 aliphatic heterocycles. The van der Waals surface area contributed by atoms with Crippen molar-refractivity contribution < 1.29 is 9.53 Å². The van der Waals surface area contributed by atoms with Gasteiger partial charge in [-0.25, -0.2) is 0 Å². The molecular weight excluding hydrogens is 264 g/mol. The highest BCUT2D eigenvalue weighted by molar-refractivity contribution is 6.30. The van der Waals surface area contributed by atoms with E-state index >= 15 is 0 Å². The molecule has 1 aromatic rings. The van der Waals surface area contributed by atoms with E-state index in [1.807, 2.05) is 19.1 Å². The molecule has 1 aliphatic rings. The lowest BCUT2D eigenvalue weighted by Gasteiger charge is -2.17. The van der Waals surface area contributed by atoms with Gasteiger partial charge < -0.3 is 15.4 Å². The summed E-state index contributed by atoms with van der Waals surface area (Å²) in [5.41, 5.74) is 1.46. The average Bonchev–Trinajstić information content (AvgIpc) is 2.42. The number of nitrogens with one attached hydrogen (secondary N) is 2. The van der Waals surface area contributed by atoms with Crippen molar-refractivity contribution >= 4 is 23.6 Å². The first-order chi connectivity index (χ1) is 9.20. The first-order valence-electron chi connectivity index (χ1n) is 6.32. The van der Waals surface area contributed by atoms with E-state index in [-0.39, 0.29) is 5.91 Å². The summed E-state index contributed by atoms with van der Waals surface area (Å²) in [5, 5.41) is 6.63. The molecule has 0 aliphatic carbocycles. The molecule has 1 aromatic carbocycles. The van der Waals surface area contributed by atoms with Crippen LogP contribution in [0.1, 0.15) is 12.5 Å². The number of rotatable bonds is 5. The SMILES string of the molecule is CCNCCNC(=O)C1=Cc2cc(Cl)ccc2OC1.